The van der Waals surface area contributed by atoms with Crippen molar-refractivity contribution in [3.63, 3.8) is 0 Å². The van der Waals surface area contributed by atoms with Crippen LogP contribution in [0.5, 0.6) is 0 Å². The fourth-order valence-corrected chi connectivity index (χ4v) is 6.23. The molecule has 2 saturated heterocycles. The van der Waals surface area contributed by atoms with Crippen molar-refractivity contribution in [1.29, 1.82) is 0 Å². The molecule has 1 aromatic heterocycles. The molecule has 2 atom stereocenters. The Bertz CT molecular complexity index is 998. The Labute approximate surface area is 227 Å². The Morgan fingerprint density at radius 2 is 1.89 bits per heavy atom. The van der Waals surface area contributed by atoms with Crippen LogP contribution in [0.3, 0.4) is 0 Å². The molecule has 2 fully saturated rings. The number of anilines is 2. The van der Waals surface area contributed by atoms with E-state index in [9.17, 15) is 4.79 Å². The summed E-state index contributed by atoms with van der Waals surface area (Å²) in [4.78, 5) is 17.7. The minimum Gasteiger partial charge on any atom is -0.345 e. The highest BCUT2D eigenvalue weighted by Gasteiger charge is 2.32. The van der Waals surface area contributed by atoms with Crippen molar-refractivity contribution in [3.05, 3.63) is 47.1 Å². The lowest BCUT2D eigenvalue weighted by Gasteiger charge is -2.26. The van der Waals surface area contributed by atoms with E-state index >= 15 is 0 Å². The number of rotatable bonds is 13. The number of hydrogen-bond acceptors (Lipinski definition) is 6. The molecule has 37 heavy (non-hydrogen) atoms. The van der Waals surface area contributed by atoms with Gasteiger partial charge in [0.05, 0.1) is 5.92 Å². The molecule has 202 valence electrons. The van der Waals surface area contributed by atoms with E-state index in [1.165, 1.54) is 81.4 Å². The number of aromatic nitrogens is 2. The van der Waals surface area contributed by atoms with Crippen LogP contribution in [0.15, 0.2) is 36.5 Å². The maximum atomic E-state index is 13.0. The molecule has 1 aromatic carbocycles. The van der Waals surface area contributed by atoms with E-state index in [4.69, 9.17) is 0 Å². The predicted octanol–water partition coefficient (Wildman–Crippen LogP) is 7.04. The van der Waals surface area contributed by atoms with E-state index in [0.29, 0.717) is 24.0 Å². The fourth-order valence-electron chi connectivity index (χ4n) is 5.48. The first kappa shape index (κ1) is 27.8. The number of amides is 1. The van der Waals surface area contributed by atoms with Crippen molar-refractivity contribution in [2.45, 2.75) is 91.0 Å². The molecule has 3 heterocycles. The Morgan fingerprint density at radius 1 is 1.11 bits per heavy atom. The molecular formula is C30H45N5OS. The molecule has 0 radical (unpaired) electrons. The third-order valence-corrected chi connectivity index (χ3v) is 8.74. The summed E-state index contributed by atoms with van der Waals surface area (Å²) in [5, 5.41) is 13.2. The third kappa shape index (κ3) is 8.37. The van der Waals surface area contributed by atoms with Crippen LogP contribution in [-0.2, 0) is 17.8 Å². The van der Waals surface area contributed by atoms with Crippen LogP contribution in [-0.4, -0.2) is 40.6 Å². The van der Waals surface area contributed by atoms with Crippen LogP contribution in [0.1, 0.15) is 88.6 Å². The number of aryl methyl sites for hydroxylation is 1. The Morgan fingerprint density at radius 3 is 2.65 bits per heavy atom. The first-order valence-electron chi connectivity index (χ1n) is 14.4. The van der Waals surface area contributed by atoms with Crippen LogP contribution in [0.4, 0.5) is 10.8 Å². The van der Waals surface area contributed by atoms with Crippen LogP contribution < -0.4 is 10.2 Å². The normalized spacial score (nSPS) is 19.4. The van der Waals surface area contributed by atoms with Gasteiger partial charge in [-0.1, -0.05) is 82.4 Å². The number of unbranched alkanes of at least 4 members (excludes halogenated alkanes) is 3. The van der Waals surface area contributed by atoms with Crippen molar-refractivity contribution < 1.29 is 4.79 Å². The zero-order chi connectivity index (χ0) is 26.0. The van der Waals surface area contributed by atoms with E-state index in [2.05, 4.69) is 70.0 Å². The van der Waals surface area contributed by atoms with Gasteiger partial charge < -0.3 is 10.2 Å². The highest BCUT2D eigenvalue weighted by molar-refractivity contribution is 7.15. The van der Waals surface area contributed by atoms with Crippen molar-refractivity contribution in [3.8, 4) is 0 Å². The number of benzene rings is 1. The Hall–Kier alpha value is -2.25. The second-order valence-electron chi connectivity index (χ2n) is 11.1. The van der Waals surface area contributed by atoms with Crippen molar-refractivity contribution in [1.82, 2.24) is 15.1 Å². The number of hydrogen-bond donors (Lipinski definition) is 1. The first-order valence-corrected chi connectivity index (χ1v) is 15.2. The summed E-state index contributed by atoms with van der Waals surface area (Å²) < 4.78 is 0. The van der Waals surface area contributed by atoms with Crippen molar-refractivity contribution >= 4 is 28.1 Å². The average molecular weight is 524 g/mol. The van der Waals surface area contributed by atoms with Gasteiger partial charge in [0.1, 0.15) is 5.01 Å². The number of nitrogens with one attached hydrogen (secondary N) is 1. The van der Waals surface area contributed by atoms with E-state index in [1.807, 2.05) is 0 Å². The minimum absolute atomic E-state index is 0.0114. The largest absolute Gasteiger partial charge is 0.345 e. The first-order chi connectivity index (χ1) is 18.0. The number of nitrogens with zero attached hydrogens (tertiary/aromatic N) is 4. The summed E-state index contributed by atoms with van der Waals surface area (Å²) in [6.45, 7) is 12.9. The molecule has 2 unspecified atom stereocenters. The zero-order valence-electron chi connectivity index (χ0n) is 22.9. The van der Waals surface area contributed by atoms with Crippen LogP contribution in [0.2, 0.25) is 0 Å². The highest BCUT2D eigenvalue weighted by Crippen LogP contribution is 2.32. The SMILES string of the molecule is C=C1CC(C(=O)Nc2nnc(CCC(C)CCCCCC)s2)CN1c1ccc(CN2CCCCC2)cc1. The van der Waals surface area contributed by atoms with Gasteiger partial charge in [-0.15, -0.1) is 10.2 Å². The molecule has 0 saturated carbocycles. The summed E-state index contributed by atoms with van der Waals surface area (Å²) in [7, 11) is 0. The molecular weight excluding hydrogens is 478 g/mol. The minimum atomic E-state index is -0.129. The molecule has 2 aliphatic heterocycles. The van der Waals surface area contributed by atoms with Crippen LogP contribution in [0.25, 0.3) is 0 Å². The van der Waals surface area contributed by atoms with Gasteiger partial charge in [0, 0.05) is 37.3 Å². The second-order valence-corrected chi connectivity index (χ2v) is 12.1. The van der Waals surface area contributed by atoms with Gasteiger partial charge in [0.15, 0.2) is 0 Å². The monoisotopic (exact) mass is 523 g/mol. The van der Waals surface area contributed by atoms with E-state index in [1.54, 1.807) is 0 Å². The second kappa shape index (κ2) is 14.1. The van der Waals surface area contributed by atoms with Crippen LogP contribution in [0, 0.1) is 11.8 Å². The zero-order valence-corrected chi connectivity index (χ0v) is 23.7. The van der Waals surface area contributed by atoms with Crippen molar-refractivity contribution in [2.75, 3.05) is 29.9 Å². The van der Waals surface area contributed by atoms with Gasteiger partial charge in [-0.05, 0) is 56.0 Å². The smallest absolute Gasteiger partial charge is 0.231 e. The molecule has 2 aliphatic rings. The lowest BCUT2D eigenvalue weighted by Crippen LogP contribution is -2.29. The molecule has 6 nitrogen and oxygen atoms in total. The molecule has 0 bridgehead atoms. The van der Waals surface area contributed by atoms with Crippen molar-refractivity contribution in [2.24, 2.45) is 11.8 Å². The molecule has 7 heteroatoms. The summed E-state index contributed by atoms with van der Waals surface area (Å²) in [6.07, 6.45) is 13.3. The van der Waals surface area contributed by atoms with E-state index in [-0.39, 0.29) is 11.8 Å². The standard InChI is InChI=1S/C30H45N5OS/c1-4-5-6-8-11-23(2)12-17-28-32-33-30(37-28)31-29(36)26-20-24(3)35(22-26)27-15-13-25(14-16-27)21-34-18-9-7-10-19-34/h13-16,23,26H,3-12,17-22H2,1-2H3,(H,31,33,36). The van der Waals surface area contributed by atoms with Gasteiger partial charge >= 0.3 is 0 Å². The highest BCUT2D eigenvalue weighted by atomic mass is 32.1. The molecule has 1 amide bonds. The maximum Gasteiger partial charge on any atom is 0.231 e. The quantitative estimate of drug-likeness (QED) is 0.285. The van der Waals surface area contributed by atoms with Gasteiger partial charge in [0.25, 0.3) is 0 Å². The number of carbonyl (C=O) groups is 1. The van der Waals surface area contributed by atoms with Gasteiger partial charge in [-0.3, -0.25) is 9.69 Å². The molecule has 0 aliphatic carbocycles. The lowest BCUT2D eigenvalue weighted by atomic mass is 9.98. The number of carbonyl (C=O) groups excluding carboxylic acids is 1. The maximum absolute atomic E-state index is 13.0. The summed E-state index contributed by atoms with van der Waals surface area (Å²) in [5.74, 6) is 0.585. The number of allylic oxidation sites excluding steroid dienone is 1. The number of likely N-dealkylation sites (tertiary alicyclic amines) is 1. The molecule has 2 aromatic rings. The topological polar surface area (TPSA) is 61.4 Å². The van der Waals surface area contributed by atoms with Gasteiger partial charge in [-0.25, -0.2) is 0 Å². The Kier molecular flexibility index (Phi) is 10.6. The number of piperidine rings is 1. The predicted molar refractivity (Wildman–Crippen MR) is 155 cm³/mol. The average Bonchev–Trinajstić information content (AvgIpc) is 3.53. The van der Waals surface area contributed by atoms with Gasteiger partial charge in [0.2, 0.25) is 11.0 Å². The summed E-state index contributed by atoms with van der Waals surface area (Å²) in [6, 6.07) is 8.79. The summed E-state index contributed by atoms with van der Waals surface area (Å²) in [5.41, 5.74) is 3.46. The lowest BCUT2D eigenvalue weighted by molar-refractivity contribution is -0.119. The van der Waals surface area contributed by atoms with Gasteiger partial charge in [-0.2, -0.15) is 0 Å². The van der Waals surface area contributed by atoms with E-state index < -0.39 is 0 Å². The third-order valence-electron chi connectivity index (χ3n) is 7.84. The van der Waals surface area contributed by atoms with Crippen LogP contribution >= 0.6 is 11.3 Å². The summed E-state index contributed by atoms with van der Waals surface area (Å²) >= 11 is 1.51. The molecule has 0 spiro atoms. The molecule has 4 rings (SSSR count). The fraction of sp³-hybridized carbons (Fsp3) is 0.633. The van der Waals surface area contributed by atoms with E-state index in [0.717, 1.165) is 35.8 Å². The molecule has 1 N–H and O–H groups in total. The Balaban J connectivity index is 1.22.